The normalized spacial score (nSPS) is 12.0. The second-order valence-electron chi connectivity index (χ2n) is 2.49. The molecule has 0 aromatic heterocycles. The molecule has 2 nitrogen and oxygen atoms in total. The van der Waals surface area contributed by atoms with E-state index in [1.807, 2.05) is 0 Å². The molecule has 0 bridgehead atoms. The zero-order valence-corrected chi connectivity index (χ0v) is 9.11. The number of rotatable bonds is 2. The Morgan fingerprint density at radius 1 is 1.46 bits per heavy atom. The van der Waals surface area contributed by atoms with Gasteiger partial charge in [-0.15, -0.1) is 12.4 Å². The van der Waals surface area contributed by atoms with Crippen LogP contribution in [0.4, 0.5) is 4.39 Å². The van der Waals surface area contributed by atoms with Crippen LogP contribution >= 0.6 is 28.3 Å². The number of nitrogens with two attached hydrogens (primary N) is 1. The van der Waals surface area contributed by atoms with Gasteiger partial charge in [0.1, 0.15) is 5.82 Å². The van der Waals surface area contributed by atoms with Crippen molar-refractivity contribution in [3.05, 3.63) is 34.1 Å². The van der Waals surface area contributed by atoms with E-state index in [4.69, 9.17) is 10.8 Å². The van der Waals surface area contributed by atoms with E-state index in [1.165, 1.54) is 12.1 Å². The highest BCUT2D eigenvalue weighted by atomic mass is 79.9. The smallest absolute Gasteiger partial charge is 0.124 e. The Hall–Kier alpha value is -0.160. The third kappa shape index (κ3) is 3.60. The summed E-state index contributed by atoms with van der Waals surface area (Å²) >= 11 is 3.13. The first-order valence-electron chi connectivity index (χ1n) is 3.46. The van der Waals surface area contributed by atoms with Crippen LogP contribution in [0.2, 0.25) is 0 Å². The number of halogens is 3. The molecule has 3 N–H and O–H groups in total. The molecular weight excluding hydrogens is 260 g/mol. The summed E-state index contributed by atoms with van der Waals surface area (Å²) in [6.45, 7) is -0.185. The number of benzene rings is 1. The van der Waals surface area contributed by atoms with Crippen molar-refractivity contribution >= 4 is 28.3 Å². The average molecular weight is 271 g/mol. The summed E-state index contributed by atoms with van der Waals surface area (Å²) < 4.78 is 13.4. The summed E-state index contributed by atoms with van der Waals surface area (Å²) in [6.07, 6.45) is 0. The third-order valence-corrected chi connectivity index (χ3v) is 1.97. The molecule has 13 heavy (non-hydrogen) atoms. The molecule has 1 aromatic rings. The maximum atomic E-state index is 12.8. The van der Waals surface area contributed by atoms with Crippen molar-refractivity contribution in [1.82, 2.24) is 0 Å². The second kappa shape index (κ2) is 5.54. The van der Waals surface area contributed by atoms with E-state index < -0.39 is 6.04 Å². The van der Waals surface area contributed by atoms with E-state index in [9.17, 15) is 4.39 Å². The highest BCUT2D eigenvalue weighted by Gasteiger charge is 2.06. The topological polar surface area (TPSA) is 46.2 Å². The van der Waals surface area contributed by atoms with Crippen molar-refractivity contribution in [3.8, 4) is 0 Å². The van der Waals surface area contributed by atoms with Crippen LogP contribution in [0.25, 0.3) is 0 Å². The molecule has 0 radical (unpaired) electrons. The number of hydrogen-bond donors (Lipinski definition) is 2. The quantitative estimate of drug-likeness (QED) is 0.863. The first-order chi connectivity index (χ1) is 5.63. The van der Waals surface area contributed by atoms with Crippen LogP contribution in [-0.2, 0) is 0 Å². The predicted octanol–water partition coefficient (Wildman–Crippen LogP) is 2.00. The molecule has 0 unspecified atom stereocenters. The summed E-state index contributed by atoms with van der Waals surface area (Å²) in [7, 11) is 0. The van der Waals surface area contributed by atoms with Crippen LogP contribution in [0, 0.1) is 5.82 Å². The van der Waals surface area contributed by atoms with Gasteiger partial charge in [-0.05, 0) is 23.8 Å². The monoisotopic (exact) mass is 269 g/mol. The second-order valence-corrected chi connectivity index (χ2v) is 3.41. The largest absolute Gasteiger partial charge is 0.394 e. The fourth-order valence-corrected chi connectivity index (χ4v) is 1.38. The molecule has 0 heterocycles. The Kier molecular flexibility index (Phi) is 5.48. The summed E-state index contributed by atoms with van der Waals surface area (Å²) in [5.41, 5.74) is 6.08. The molecule has 0 amide bonds. The molecule has 0 spiro atoms. The average Bonchev–Trinajstić information content (AvgIpc) is 2.01. The van der Waals surface area contributed by atoms with Crippen LogP contribution in [0.3, 0.4) is 0 Å². The van der Waals surface area contributed by atoms with Gasteiger partial charge < -0.3 is 10.8 Å². The maximum Gasteiger partial charge on any atom is 0.124 e. The van der Waals surface area contributed by atoms with Gasteiger partial charge in [-0.1, -0.05) is 15.9 Å². The summed E-state index contributed by atoms with van der Waals surface area (Å²) in [4.78, 5) is 0. The van der Waals surface area contributed by atoms with Crippen LogP contribution in [-0.4, -0.2) is 11.7 Å². The van der Waals surface area contributed by atoms with Crippen molar-refractivity contribution in [1.29, 1.82) is 0 Å². The molecule has 0 fully saturated rings. The molecule has 0 aliphatic carbocycles. The van der Waals surface area contributed by atoms with Gasteiger partial charge in [0.2, 0.25) is 0 Å². The predicted molar refractivity (Wildman–Crippen MR) is 55.4 cm³/mol. The molecule has 0 aliphatic heterocycles. The van der Waals surface area contributed by atoms with Gasteiger partial charge in [0, 0.05) is 4.47 Å². The van der Waals surface area contributed by atoms with E-state index in [1.54, 1.807) is 6.07 Å². The van der Waals surface area contributed by atoms with Crippen LogP contribution < -0.4 is 5.73 Å². The molecule has 0 saturated carbocycles. The Bertz CT molecular complexity index is 265. The Morgan fingerprint density at radius 3 is 2.54 bits per heavy atom. The third-order valence-electron chi connectivity index (χ3n) is 1.51. The van der Waals surface area contributed by atoms with Gasteiger partial charge >= 0.3 is 0 Å². The van der Waals surface area contributed by atoms with Crippen molar-refractivity contribution < 1.29 is 9.50 Å². The van der Waals surface area contributed by atoms with Gasteiger partial charge in [-0.3, -0.25) is 0 Å². The lowest BCUT2D eigenvalue weighted by molar-refractivity contribution is 0.267. The summed E-state index contributed by atoms with van der Waals surface area (Å²) in [6, 6.07) is 3.82. The lowest BCUT2D eigenvalue weighted by Crippen LogP contribution is -2.14. The SMILES string of the molecule is Cl.N[C@H](CO)c1cc(F)cc(Br)c1. The minimum Gasteiger partial charge on any atom is -0.394 e. The highest BCUT2D eigenvalue weighted by molar-refractivity contribution is 9.10. The molecule has 1 atom stereocenters. The van der Waals surface area contributed by atoms with Crippen molar-refractivity contribution in [2.24, 2.45) is 5.73 Å². The molecular formula is C8H10BrClFNO. The lowest BCUT2D eigenvalue weighted by atomic mass is 10.1. The minimum absolute atomic E-state index is 0. The van der Waals surface area contributed by atoms with E-state index in [0.717, 1.165) is 0 Å². The van der Waals surface area contributed by atoms with Crippen molar-refractivity contribution in [3.63, 3.8) is 0 Å². The number of aliphatic hydroxyl groups is 1. The molecule has 74 valence electrons. The number of aliphatic hydroxyl groups excluding tert-OH is 1. The Morgan fingerprint density at radius 2 is 2.08 bits per heavy atom. The first-order valence-corrected chi connectivity index (χ1v) is 4.25. The van der Waals surface area contributed by atoms with Gasteiger partial charge in [0.15, 0.2) is 0 Å². The number of hydrogen-bond acceptors (Lipinski definition) is 2. The molecule has 0 saturated heterocycles. The Balaban J connectivity index is 0.00000144. The van der Waals surface area contributed by atoms with Crippen LogP contribution in [0.15, 0.2) is 22.7 Å². The standard InChI is InChI=1S/C8H9BrFNO.ClH/c9-6-1-5(8(11)4-12)2-7(10)3-6;/h1-3,8,12H,4,11H2;1H/t8-;/m1./s1. The fraction of sp³-hybridized carbons (Fsp3) is 0.250. The van der Waals surface area contributed by atoms with E-state index in [0.29, 0.717) is 10.0 Å². The van der Waals surface area contributed by atoms with Crippen molar-refractivity contribution in [2.75, 3.05) is 6.61 Å². The van der Waals surface area contributed by atoms with Gasteiger partial charge in [-0.25, -0.2) is 4.39 Å². The zero-order chi connectivity index (χ0) is 9.14. The molecule has 1 rings (SSSR count). The van der Waals surface area contributed by atoms with E-state index in [-0.39, 0.29) is 24.8 Å². The molecule has 1 aromatic carbocycles. The minimum atomic E-state index is -0.517. The van der Waals surface area contributed by atoms with E-state index in [2.05, 4.69) is 15.9 Å². The highest BCUT2D eigenvalue weighted by Crippen LogP contribution is 2.18. The fourth-order valence-electron chi connectivity index (χ4n) is 0.895. The van der Waals surface area contributed by atoms with Crippen LogP contribution in [0.5, 0.6) is 0 Å². The lowest BCUT2D eigenvalue weighted by Gasteiger charge is -2.08. The zero-order valence-electron chi connectivity index (χ0n) is 6.71. The summed E-state index contributed by atoms with van der Waals surface area (Å²) in [5, 5.41) is 8.71. The van der Waals surface area contributed by atoms with E-state index >= 15 is 0 Å². The van der Waals surface area contributed by atoms with Crippen molar-refractivity contribution in [2.45, 2.75) is 6.04 Å². The molecule has 5 heteroatoms. The summed E-state index contributed by atoms with van der Waals surface area (Å²) in [5.74, 6) is -0.358. The van der Waals surface area contributed by atoms with Crippen LogP contribution in [0.1, 0.15) is 11.6 Å². The van der Waals surface area contributed by atoms with Gasteiger partial charge in [0.05, 0.1) is 12.6 Å². The maximum absolute atomic E-state index is 12.8. The molecule has 0 aliphatic rings. The Labute approximate surface area is 90.5 Å². The first kappa shape index (κ1) is 12.8. The van der Waals surface area contributed by atoms with Gasteiger partial charge in [0.25, 0.3) is 0 Å². The van der Waals surface area contributed by atoms with Gasteiger partial charge in [-0.2, -0.15) is 0 Å².